The number of carbonyl (C=O) groups is 1. The number of rotatable bonds is 3. The van der Waals surface area contributed by atoms with E-state index in [1.807, 2.05) is 0 Å². The third-order valence-corrected chi connectivity index (χ3v) is 5.07. The van der Waals surface area contributed by atoms with Crippen molar-refractivity contribution in [2.24, 2.45) is 0 Å². The van der Waals surface area contributed by atoms with Gasteiger partial charge in [0, 0.05) is 9.72 Å². The van der Waals surface area contributed by atoms with Crippen LogP contribution in [-0.2, 0) is 11.3 Å². The van der Waals surface area contributed by atoms with Crippen LogP contribution in [0.3, 0.4) is 0 Å². The lowest BCUT2D eigenvalue weighted by Crippen LogP contribution is -2.14. The fourth-order valence-corrected chi connectivity index (χ4v) is 3.66. The molecule has 0 saturated carbocycles. The highest BCUT2D eigenvalue weighted by atomic mass is 35.5. The Morgan fingerprint density at radius 1 is 1.23 bits per heavy atom. The molecule has 130 valence electrons. The summed E-state index contributed by atoms with van der Waals surface area (Å²) >= 11 is 7.08. The van der Waals surface area contributed by atoms with Crippen LogP contribution < -0.4 is 5.56 Å². The summed E-state index contributed by atoms with van der Waals surface area (Å²) in [6.07, 6.45) is 0. The van der Waals surface area contributed by atoms with Crippen molar-refractivity contribution in [2.45, 2.75) is 6.61 Å². The van der Waals surface area contributed by atoms with Gasteiger partial charge in [-0.1, -0.05) is 11.6 Å². The Balaban J connectivity index is 1.56. The first-order valence-electron chi connectivity index (χ1n) is 7.54. The van der Waals surface area contributed by atoms with Crippen molar-refractivity contribution in [3.05, 3.63) is 74.4 Å². The van der Waals surface area contributed by atoms with E-state index >= 15 is 0 Å². The van der Waals surface area contributed by atoms with Crippen LogP contribution in [0.5, 0.6) is 0 Å². The van der Waals surface area contributed by atoms with Gasteiger partial charge in [-0.15, -0.1) is 11.3 Å². The fourth-order valence-electron chi connectivity index (χ4n) is 2.55. The number of esters is 1. The number of hydrogen-bond donors (Lipinski definition) is 1. The fraction of sp³-hybridized carbons (Fsp3) is 0.0556. The number of aromatic nitrogens is 2. The number of nitrogens with zero attached hydrogens (tertiary/aromatic N) is 1. The van der Waals surface area contributed by atoms with E-state index in [-0.39, 0.29) is 23.8 Å². The number of thiophene rings is 1. The smallest absolute Gasteiger partial charge is 0.348 e. The Morgan fingerprint density at radius 3 is 2.92 bits per heavy atom. The van der Waals surface area contributed by atoms with Crippen LogP contribution in [0.4, 0.5) is 4.39 Å². The van der Waals surface area contributed by atoms with Crippen molar-refractivity contribution in [2.75, 3.05) is 0 Å². The molecule has 0 fully saturated rings. The monoisotopic (exact) mass is 388 g/mol. The Morgan fingerprint density at radius 2 is 2.08 bits per heavy atom. The van der Waals surface area contributed by atoms with Gasteiger partial charge in [0.1, 0.15) is 23.1 Å². The van der Waals surface area contributed by atoms with Crippen molar-refractivity contribution in [3.63, 3.8) is 0 Å². The number of H-pyrrole nitrogens is 1. The SMILES string of the molecule is O=C(OCc1nc2ccc(Cl)cc2c(=O)[nH]1)c1cc2cc(F)ccc2s1. The number of fused-ring (bicyclic) bond motifs is 2. The van der Waals surface area contributed by atoms with Crippen molar-refractivity contribution in [3.8, 4) is 0 Å². The lowest BCUT2D eigenvalue weighted by molar-refractivity contribution is 0.0468. The molecule has 2 heterocycles. The molecule has 0 unspecified atom stereocenters. The minimum absolute atomic E-state index is 0.185. The second-order valence-corrected chi connectivity index (χ2v) is 7.06. The van der Waals surface area contributed by atoms with E-state index in [4.69, 9.17) is 16.3 Å². The second-order valence-electron chi connectivity index (χ2n) is 5.54. The van der Waals surface area contributed by atoms with Crippen LogP contribution in [0.25, 0.3) is 21.0 Å². The maximum Gasteiger partial charge on any atom is 0.348 e. The lowest BCUT2D eigenvalue weighted by atomic mass is 10.2. The number of hydrogen-bond acceptors (Lipinski definition) is 5. The zero-order chi connectivity index (χ0) is 18.3. The van der Waals surface area contributed by atoms with Gasteiger partial charge in [0.2, 0.25) is 0 Å². The summed E-state index contributed by atoms with van der Waals surface area (Å²) in [5.74, 6) is -0.705. The Kier molecular flexibility index (Phi) is 4.18. The Bertz CT molecular complexity index is 1220. The van der Waals surface area contributed by atoms with Gasteiger partial charge in [0.15, 0.2) is 0 Å². The molecule has 1 N–H and O–H groups in total. The summed E-state index contributed by atoms with van der Waals surface area (Å²) in [4.78, 5) is 31.5. The average Bonchev–Trinajstić information content (AvgIpc) is 3.03. The number of carbonyl (C=O) groups excluding carboxylic acids is 1. The molecule has 0 aliphatic rings. The summed E-state index contributed by atoms with van der Waals surface area (Å²) in [7, 11) is 0. The third kappa shape index (κ3) is 3.18. The van der Waals surface area contributed by atoms with E-state index in [1.165, 1.54) is 29.5 Å². The van der Waals surface area contributed by atoms with E-state index in [0.717, 1.165) is 4.70 Å². The Labute approximate surface area is 155 Å². The van der Waals surface area contributed by atoms with Crippen molar-refractivity contribution in [1.29, 1.82) is 0 Å². The molecule has 2 aromatic heterocycles. The number of benzene rings is 2. The van der Waals surface area contributed by atoms with Gasteiger partial charge in [-0.05, 0) is 47.9 Å². The predicted octanol–water partition coefficient (Wildman–Crippen LogP) is 4.29. The highest BCUT2D eigenvalue weighted by molar-refractivity contribution is 7.20. The highest BCUT2D eigenvalue weighted by Gasteiger charge is 2.13. The summed E-state index contributed by atoms with van der Waals surface area (Å²) < 4.78 is 19.3. The van der Waals surface area contributed by atoms with E-state index in [1.54, 1.807) is 24.3 Å². The van der Waals surface area contributed by atoms with Gasteiger partial charge >= 0.3 is 5.97 Å². The second kappa shape index (κ2) is 6.51. The number of aromatic amines is 1. The van der Waals surface area contributed by atoms with Gasteiger partial charge in [-0.3, -0.25) is 4.79 Å². The van der Waals surface area contributed by atoms with Crippen LogP contribution in [0.2, 0.25) is 5.02 Å². The largest absolute Gasteiger partial charge is 0.453 e. The quantitative estimate of drug-likeness (QED) is 0.531. The van der Waals surface area contributed by atoms with E-state index in [9.17, 15) is 14.0 Å². The molecule has 4 aromatic rings. The molecule has 0 amide bonds. The van der Waals surface area contributed by atoms with E-state index in [0.29, 0.717) is 26.2 Å². The molecule has 8 heteroatoms. The molecule has 0 spiro atoms. The van der Waals surface area contributed by atoms with Crippen molar-refractivity contribution >= 4 is 49.9 Å². The molecule has 0 atom stereocenters. The molecule has 0 bridgehead atoms. The highest BCUT2D eigenvalue weighted by Crippen LogP contribution is 2.27. The minimum atomic E-state index is -0.564. The van der Waals surface area contributed by atoms with Crippen molar-refractivity contribution in [1.82, 2.24) is 9.97 Å². The average molecular weight is 389 g/mol. The zero-order valence-electron chi connectivity index (χ0n) is 13.1. The topological polar surface area (TPSA) is 72.0 Å². The summed E-state index contributed by atoms with van der Waals surface area (Å²) in [5.41, 5.74) is 0.0995. The van der Waals surface area contributed by atoms with Gasteiger partial charge in [0.25, 0.3) is 5.56 Å². The number of nitrogens with one attached hydrogen (secondary N) is 1. The first-order chi connectivity index (χ1) is 12.5. The van der Waals surface area contributed by atoms with E-state index < -0.39 is 5.97 Å². The molecule has 0 radical (unpaired) electrons. The van der Waals surface area contributed by atoms with Crippen LogP contribution in [0, 0.1) is 5.82 Å². The van der Waals surface area contributed by atoms with Crippen LogP contribution in [0.15, 0.2) is 47.3 Å². The zero-order valence-corrected chi connectivity index (χ0v) is 14.7. The molecule has 0 aliphatic heterocycles. The molecular weight excluding hydrogens is 379 g/mol. The molecule has 5 nitrogen and oxygen atoms in total. The summed E-state index contributed by atoms with van der Waals surface area (Å²) in [6, 6.07) is 10.7. The van der Waals surface area contributed by atoms with E-state index in [2.05, 4.69) is 9.97 Å². The molecule has 4 rings (SSSR count). The number of halogens is 2. The summed E-state index contributed by atoms with van der Waals surface area (Å²) in [6.45, 7) is -0.185. The van der Waals surface area contributed by atoms with Gasteiger partial charge in [0.05, 0.1) is 10.9 Å². The molecular formula is C18H10ClFN2O3S. The van der Waals surface area contributed by atoms with Gasteiger partial charge < -0.3 is 9.72 Å². The molecule has 26 heavy (non-hydrogen) atoms. The summed E-state index contributed by atoms with van der Waals surface area (Å²) in [5, 5.41) is 1.43. The number of ether oxygens (including phenoxy) is 1. The predicted molar refractivity (Wildman–Crippen MR) is 98.3 cm³/mol. The van der Waals surface area contributed by atoms with Crippen molar-refractivity contribution < 1.29 is 13.9 Å². The maximum absolute atomic E-state index is 13.2. The third-order valence-electron chi connectivity index (χ3n) is 3.74. The van der Waals surface area contributed by atoms with Gasteiger partial charge in [-0.2, -0.15) is 0 Å². The minimum Gasteiger partial charge on any atom is -0.453 e. The van der Waals surface area contributed by atoms with Crippen LogP contribution >= 0.6 is 22.9 Å². The first-order valence-corrected chi connectivity index (χ1v) is 8.74. The molecule has 0 saturated heterocycles. The molecule has 0 aliphatic carbocycles. The van der Waals surface area contributed by atoms with Crippen LogP contribution in [-0.4, -0.2) is 15.9 Å². The van der Waals surface area contributed by atoms with Gasteiger partial charge in [-0.25, -0.2) is 14.2 Å². The Hall–Kier alpha value is -2.77. The lowest BCUT2D eigenvalue weighted by Gasteiger charge is -2.04. The molecule has 2 aromatic carbocycles. The standard InChI is InChI=1S/C18H10ClFN2O3S/c19-10-1-3-13-12(7-10)17(23)22-16(21-13)8-25-18(24)15-6-9-5-11(20)2-4-14(9)26-15/h1-7H,8H2,(H,21,22,23). The van der Waals surface area contributed by atoms with Crippen LogP contribution in [0.1, 0.15) is 15.5 Å². The normalized spacial score (nSPS) is 11.2. The first kappa shape index (κ1) is 16.7. The maximum atomic E-state index is 13.2.